The molecular formula is C21H20ClN5O2. The van der Waals surface area contributed by atoms with Crippen LogP contribution in [0.3, 0.4) is 0 Å². The number of hydrogen-bond acceptors (Lipinski definition) is 5. The van der Waals surface area contributed by atoms with Gasteiger partial charge in [-0.2, -0.15) is 0 Å². The van der Waals surface area contributed by atoms with Gasteiger partial charge in [-0.05, 0) is 41.8 Å². The van der Waals surface area contributed by atoms with Gasteiger partial charge in [0.2, 0.25) is 0 Å². The van der Waals surface area contributed by atoms with Gasteiger partial charge in [-0.25, -0.2) is 9.97 Å². The largest absolute Gasteiger partial charge is 0.382 e. The number of rotatable bonds is 6. The van der Waals surface area contributed by atoms with E-state index in [-0.39, 0.29) is 17.4 Å². The number of nitrogen functional groups attached to an aromatic ring is 1. The molecule has 0 fully saturated rings. The van der Waals surface area contributed by atoms with Crippen LogP contribution in [0, 0.1) is 6.92 Å². The van der Waals surface area contributed by atoms with Gasteiger partial charge in [0, 0.05) is 23.6 Å². The van der Waals surface area contributed by atoms with E-state index in [1.54, 1.807) is 18.2 Å². The van der Waals surface area contributed by atoms with Crippen LogP contribution in [0.5, 0.6) is 0 Å². The zero-order valence-electron chi connectivity index (χ0n) is 15.8. The number of carbonyl (C=O) groups excluding carboxylic acids is 2. The summed E-state index contributed by atoms with van der Waals surface area (Å²) in [6.45, 7) is 2.29. The average molecular weight is 410 g/mol. The highest BCUT2D eigenvalue weighted by molar-refractivity contribution is 6.31. The minimum atomic E-state index is -0.735. The Balaban J connectivity index is 1.72. The second-order valence-corrected chi connectivity index (χ2v) is 6.95. The minimum Gasteiger partial charge on any atom is -0.382 e. The van der Waals surface area contributed by atoms with E-state index in [4.69, 9.17) is 23.1 Å². The summed E-state index contributed by atoms with van der Waals surface area (Å²) in [5.41, 5.74) is 14.6. The summed E-state index contributed by atoms with van der Waals surface area (Å²) in [4.78, 5) is 32.1. The van der Waals surface area contributed by atoms with Gasteiger partial charge in [-0.15, -0.1) is 0 Å². The fourth-order valence-corrected chi connectivity index (χ4v) is 3.05. The summed E-state index contributed by atoms with van der Waals surface area (Å²) in [6.07, 6.45) is 1.86. The highest BCUT2D eigenvalue weighted by atomic mass is 35.5. The van der Waals surface area contributed by atoms with E-state index < -0.39 is 5.91 Å². The van der Waals surface area contributed by atoms with Crippen molar-refractivity contribution in [2.75, 3.05) is 5.73 Å². The fourth-order valence-electron chi connectivity index (χ4n) is 2.85. The number of nitrogens with zero attached hydrogens (tertiary/aromatic N) is 2. The van der Waals surface area contributed by atoms with Crippen LogP contribution in [0.1, 0.15) is 43.2 Å². The molecule has 3 rings (SSSR count). The van der Waals surface area contributed by atoms with Gasteiger partial charge < -0.3 is 16.8 Å². The van der Waals surface area contributed by atoms with Crippen LogP contribution in [0.4, 0.5) is 5.82 Å². The van der Waals surface area contributed by atoms with Crippen LogP contribution >= 0.6 is 11.6 Å². The van der Waals surface area contributed by atoms with E-state index in [0.29, 0.717) is 29.2 Å². The van der Waals surface area contributed by atoms with Gasteiger partial charge in [-0.1, -0.05) is 35.9 Å². The lowest BCUT2D eigenvalue weighted by molar-refractivity contribution is 0.0949. The van der Waals surface area contributed by atoms with Crippen molar-refractivity contribution < 1.29 is 9.59 Å². The lowest BCUT2D eigenvalue weighted by atomic mass is 10.1. The topological polar surface area (TPSA) is 124 Å². The predicted octanol–water partition coefficient (Wildman–Crippen LogP) is 2.64. The molecule has 0 aliphatic rings. The smallest absolute Gasteiger partial charge is 0.271 e. The van der Waals surface area contributed by atoms with Gasteiger partial charge in [0.25, 0.3) is 11.8 Å². The van der Waals surface area contributed by atoms with Gasteiger partial charge in [0.1, 0.15) is 0 Å². The fraction of sp³-hybridized carbons (Fsp3) is 0.143. The molecule has 148 valence electrons. The number of nitrogens with two attached hydrogens (primary N) is 2. The quantitative estimate of drug-likeness (QED) is 0.577. The SMILES string of the molecule is Cc1c(Cl)cccc1CNC(=O)c1cccc(Cc2cnc(N)c(C(N)=O)n2)c1. The molecule has 0 saturated carbocycles. The van der Waals surface area contributed by atoms with Crippen molar-refractivity contribution in [1.82, 2.24) is 15.3 Å². The van der Waals surface area contributed by atoms with Crippen molar-refractivity contribution in [3.05, 3.63) is 87.3 Å². The number of benzene rings is 2. The molecule has 3 aromatic rings. The van der Waals surface area contributed by atoms with Crippen molar-refractivity contribution in [2.45, 2.75) is 19.9 Å². The van der Waals surface area contributed by atoms with Crippen LogP contribution in [0.25, 0.3) is 0 Å². The summed E-state index contributed by atoms with van der Waals surface area (Å²) in [6, 6.07) is 12.7. The molecule has 0 saturated heterocycles. The average Bonchev–Trinajstić information content (AvgIpc) is 2.70. The molecule has 7 nitrogen and oxygen atoms in total. The van der Waals surface area contributed by atoms with Crippen molar-refractivity contribution in [3.63, 3.8) is 0 Å². The molecule has 8 heteroatoms. The lowest BCUT2D eigenvalue weighted by Gasteiger charge is -2.10. The number of anilines is 1. The van der Waals surface area contributed by atoms with Gasteiger partial charge in [0.15, 0.2) is 11.5 Å². The Morgan fingerprint density at radius 1 is 1.17 bits per heavy atom. The molecule has 5 N–H and O–H groups in total. The normalized spacial score (nSPS) is 10.6. The van der Waals surface area contributed by atoms with Crippen LogP contribution < -0.4 is 16.8 Å². The van der Waals surface area contributed by atoms with Crippen LogP contribution in [0.2, 0.25) is 5.02 Å². The molecule has 1 aromatic heterocycles. The number of aromatic nitrogens is 2. The highest BCUT2D eigenvalue weighted by Crippen LogP contribution is 2.19. The number of primary amides is 1. The molecule has 0 bridgehead atoms. The Morgan fingerprint density at radius 2 is 1.93 bits per heavy atom. The zero-order valence-corrected chi connectivity index (χ0v) is 16.5. The monoisotopic (exact) mass is 409 g/mol. The van der Waals surface area contributed by atoms with Crippen molar-refractivity contribution in [2.24, 2.45) is 5.73 Å². The molecule has 0 aliphatic carbocycles. The first-order chi connectivity index (χ1) is 13.8. The Bertz CT molecular complexity index is 1080. The van der Waals surface area contributed by atoms with Gasteiger partial charge >= 0.3 is 0 Å². The Kier molecular flexibility index (Phi) is 6.09. The first kappa shape index (κ1) is 20.3. The van der Waals surface area contributed by atoms with Crippen LogP contribution in [0.15, 0.2) is 48.7 Å². The maximum absolute atomic E-state index is 12.6. The third kappa shape index (κ3) is 4.89. The molecule has 0 unspecified atom stereocenters. The van der Waals surface area contributed by atoms with E-state index in [1.807, 2.05) is 31.2 Å². The summed E-state index contributed by atoms with van der Waals surface area (Å²) < 4.78 is 0. The van der Waals surface area contributed by atoms with Gasteiger partial charge in [0.05, 0.1) is 11.9 Å². The number of hydrogen-bond donors (Lipinski definition) is 3. The van der Waals surface area contributed by atoms with Crippen molar-refractivity contribution in [1.29, 1.82) is 0 Å². The molecule has 29 heavy (non-hydrogen) atoms. The molecule has 2 amide bonds. The van der Waals surface area contributed by atoms with E-state index in [9.17, 15) is 9.59 Å². The summed E-state index contributed by atoms with van der Waals surface area (Å²) >= 11 is 6.12. The highest BCUT2D eigenvalue weighted by Gasteiger charge is 2.12. The van der Waals surface area contributed by atoms with Crippen molar-refractivity contribution in [3.8, 4) is 0 Å². The van der Waals surface area contributed by atoms with Crippen molar-refractivity contribution >= 4 is 29.2 Å². The Hall–Kier alpha value is -3.45. The Morgan fingerprint density at radius 3 is 2.69 bits per heavy atom. The molecule has 0 spiro atoms. The number of halogens is 1. The second-order valence-electron chi connectivity index (χ2n) is 6.54. The first-order valence-electron chi connectivity index (χ1n) is 8.87. The lowest BCUT2D eigenvalue weighted by Crippen LogP contribution is -2.23. The molecule has 0 atom stereocenters. The number of amides is 2. The molecule has 0 aliphatic heterocycles. The summed E-state index contributed by atoms with van der Waals surface area (Å²) in [5.74, 6) is -0.945. The zero-order chi connectivity index (χ0) is 21.0. The maximum Gasteiger partial charge on any atom is 0.271 e. The summed E-state index contributed by atoms with van der Waals surface area (Å²) in [7, 11) is 0. The minimum absolute atomic E-state index is 0.00862. The molecular weight excluding hydrogens is 390 g/mol. The summed E-state index contributed by atoms with van der Waals surface area (Å²) in [5, 5.41) is 3.57. The number of carbonyl (C=O) groups is 2. The number of nitrogens with one attached hydrogen (secondary N) is 1. The third-order valence-electron chi connectivity index (χ3n) is 4.48. The van der Waals surface area contributed by atoms with E-state index in [0.717, 1.165) is 16.7 Å². The van der Waals surface area contributed by atoms with Crippen LogP contribution in [-0.4, -0.2) is 21.8 Å². The Labute approximate surface area is 173 Å². The third-order valence-corrected chi connectivity index (χ3v) is 4.89. The van der Waals surface area contributed by atoms with E-state index in [2.05, 4.69) is 15.3 Å². The molecule has 0 radical (unpaired) electrons. The predicted molar refractivity (Wildman–Crippen MR) is 112 cm³/mol. The molecule has 2 aromatic carbocycles. The first-order valence-corrected chi connectivity index (χ1v) is 9.25. The second kappa shape index (κ2) is 8.70. The van der Waals surface area contributed by atoms with E-state index >= 15 is 0 Å². The van der Waals surface area contributed by atoms with E-state index in [1.165, 1.54) is 6.20 Å². The van der Waals surface area contributed by atoms with Crippen LogP contribution in [-0.2, 0) is 13.0 Å². The standard InChI is InChI=1S/C21H20ClN5O2/c1-12-15(6-3-7-17(12)22)10-26-21(29)14-5-2-4-13(8-14)9-16-11-25-19(23)18(27-16)20(24)28/h2-8,11H,9-10H2,1H3,(H2,23,25)(H2,24,28)(H,26,29). The maximum atomic E-state index is 12.6. The van der Waals surface area contributed by atoms with Gasteiger partial charge in [-0.3, -0.25) is 9.59 Å². The molecule has 1 heterocycles.